The van der Waals surface area contributed by atoms with Crippen LogP contribution in [0.3, 0.4) is 0 Å². The molecule has 0 spiro atoms. The lowest BCUT2D eigenvalue weighted by atomic mass is 10.2. The number of alkyl halides is 3. The van der Waals surface area contributed by atoms with Gasteiger partial charge in [0.15, 0.2) is 11.5 Å². The zero-order valence-electron chi connectivity index (χ0n) is 16.1. The molecule has 4 rings (SSSR count). The molecule has 0 saturated carbocycles. The average Bonchev–Trinajstić information content (AvgIpc) is 3.45. The predicted octanol–water partition coefficient (Wildman–Crippen LogP) is 6.03. The van der Waals surface area contributed by atoms with Gasteiger partial charge in [0, 0.05) is 16.9 Å². The summed E-state index contributed by atoms with van der Waals surface area (Å²) in [7, 11) is 0. The van der Waals surface area contributed by atoms with Crippen LogP contribution in [0.1, 0.15) is 26.5 Å². The normalized spacial score (nSPS) is 11.7. The van der Waals surface area contributed by atoms with Crippen molar-refractivity contribution in [2.24, 2.45) is 0 Å². The molecule has 0 bridgehead atoms. The molecule has 1 amide bonds. The van der Waals surface area contributed by atoms with Crippen molar-refractivity contribution in [3.05, 3.63) is 84.8 Å². The number of anilines is 1. The van der Waals surface area contributed by atoms with Crippen LogP contribution < -0.4 is 5.32 Å². The number of amides is 1. The Hall–Kier alpha value is -2.44. The third-order valence-electron chi connectivity index (χ3n) is 4.36. The Balaban J connectivity index is 1.40. The van der Waals surface area contributed by atoms with Gasteiger partial charge in [0.05, 0.1) is 22.4 Å². The highest BCUT2D eigenvalue weighted by Crippen LogP contribution is 2.28. The summed E-state index contributed by atoms with van der Waals surface area (Å²) in [5.41, 5.74) is 0.780. The number of rotatable bonds is 6. The molecule has 0 radical (unpaired) electrons. The van der Waals surface area contributed by atoms with Gasteiger partial charge in [-0.3, -0.25) is 14.2 Å². The van der Waals surface area contributed by atoms with Crippen molar-refractivity contribution in [2.75, 3.05) is 5.32 Å². The number of carbonyl (C=O) groups excluding carboxylic acids is 1. The van der Waals surface area contributed by atoms with Gasteiger partial charge >= 0.3 is 6.18 Å². The molecule has 0 fully saturated rings. The molecule has 3 heterocycles. The molecule has 1 aromatic carbocycles. The number of thiophene rings is 1. The molecular formula is C20H14Br2F3N5OS. The van der Waals surface area contributed by atoms with Gasteiger partial charge in [-0.1, -0.05) is 28.1 Å². The van der Waals surface area contributed by atoms with E-state index in [1.165, 1.54) is 22.2 Å². The summed E-state index contributed by atoms with van der Waals surface area (Å²) in [6.45, 7) is 0.667. The molecule has 6 nitrogen and oxygen atoms in total. The topological polar surface area (TPSA) is 64.7 Å². The summed E-state index contributed by atoms with van der Waals surface area (Å²) in [6.07, 6.45) is -1.46. The van der Waals surface area contributed by atoms with E-state index in [4.69, 9.17) is 0 Å². The SMILES string of the molecule is O=C(Nc1nn(Cc2ccc(Br)cc2)cc1Br)c1cc(Cn2ccc(C(F)(F)F)n2)cs1. The van der Waals surface area contributed by atoms with E-state index in [9.17, 15) is 18.0 Å². The maximum Gasteiger partial charge on any atom is 0.435 e. The highest BCUT2D eigenvalue weighted by Gasteiger charge is 2.33. The van der Waals surface area contributed by atoms with Gasteiger partial charge < -0.3 is 5.32 Å². The van der Waals surface area contributed by atoms with Crippen LogP contribution in [0, 0.1) is 0 Å². The molecule has 0 unspecified atom stereocenters. The van der Waals surface area contributed by atoms with Crippen molar-refractivity contribution in [3.8, 4) is 0 Å². The predicted molar refractivity (Wildman–Crippen MR) is 122 cm³/mol. The Bertz CT molecular complexity index is 1250. The molecule has 166 valence electrons. The fourth-order valence-corrected chi connectivity index (χ4v) is 4.35. The summed E-state index contributed by atoms with van der Waals surface area (Å²) in [5, 5.41) is 12.4. The van der Waals surface area contributed by atoms with E-state index < -0.39 is 11.9 Å². The molecule has 12 heteroatoms. The van der Waals surface area contributed by atoms with Crippen LogP contribution in [0.15, 0.2) is 63.1 Å². The number of benzene rings is 1. The Morgan fingerprint density at radius 1 is 1.03 bits per heavy atom. The molecular weight excluding hydrogens is 575 g/mol. The van der Waals surface area contributed by atoms with Gasteiger partial charge in [-0.15, -0.1) is 11.3 Å². The molecule has 0 aliphatic rings. The number of aromatic nitrogens is 4. The second kappa shape index (κ2) is 9.20. The minimum absolute atomic E-state index is 0.130. The number of carbonyl (C=O) groups is 1. The zero-order valence-corrected chi connectivity index (χ0v) is 20.1. The summed E-state index contributed by atoms with van der Waals surface area (Å²) in [4.78, 5) is 13.0. The first-order valence-corrected chi connectivity index (χ1v) is 11.6. The zero-order chi connectivity index (χ0) is 22.9. The van der Waals surface area contributed by atoms with Gasteiger partial charge in [-0.05, 0) is 56.7 Å². The van der Waals surface area contributed by atoms with Crippen LogP contribution in [0.2, 0.25) is 0 Å². The number of nitrogens with zero attached hydrogens (tertiary/aromatic N) is 4. The lowest BCUT2D eigenvalue weighted by Gasteiger charge is -2.03. The Morgan fingerprint density at radius 3 is 2.44 bits per heavy atom. The highest BCUT2D eigenvalue weighted by atomic mass is 79.9. The van der Waals surface area contributed by atoms with Crippen LogP contribution in [0.5, 0.6) is 0 Å². The van der Waals surface area contributed by atoms with Crippen LogP contribution in [0.25, 0.3) is 0 Å². The first-order valence-electron chi connectivity index (χ1n) is 9.14. The molecule has 0 aliphatic carbocycles. The van der Waals surface area contributed by atoms with E-state index in [1.54, 1.807) is 22.3 Å². The molecule has 1 N–H and O–H groups in total. The number of hydrogen-bond acceptors (Lipinski definition) is 4. The molecule has 32 heavy (non-hydrogen) atoms. The minimum atomic E-state index is -4.49. The maximum absolute atomic E-state index is 12.7. The van der Waals surface area contributed by atoms with Crippen LogP contribution in [-0.2, 0) is 19.3 Å². The van der Waals surface area contributed by atoms with Crippen molar-refractivity contribution in [1.82, 2.24) is 19.6 Å². The Morgan fingerprint density at radius 2 is 1.75 bits per heavy atom. The molecule has 4 aromatic rings. The van der Waals surface area contributed by atoms with Gasteiger partial charge in [0.25, 0.3) is 5.91 Å². The van der Waals surface area contributed by atoms with Gasteiger partial charge in [0.2, 0.25) is 0 Å². The number of hydrogen-bond donors (Lipinski definition) is 1. The first-order chi connectivity index (χ1) is 15.2. The Kier molecular flexibility index (Phi) is 6.54. The van der Waals surface area contributed by atoms with Gasteiger partial charge in [-0.2, -0.15) is 23.4 Å². The quantitative estimate of drug-likeness (QED) is 0.299. The van der Waals surface area contributed by atoms with Crippen LogP contribution >= 0.6 is 43.2 Å². The van der Waals surface area contributed by atoms with E-state index in [-0.39, 0.29) is 12.5 Å². The summed E-state index contributed by atoms with van der Waals surface area (Å²) in [6, 6.07) is 10.4. The molecule has 0 saturated heterocycles. The van der Waals surface area contributed by atoms with E-state index in [0.717, 1.165) is 16.1 Å². The van der Waals surface area contributed by atoms with E-state index in [0.29, 0.717) is 27.3 Å². The average molecular weight is 589 g/mol. The van der Waals surface area contributed by atoms with Crippen molar-refractivity contribution in [2.45, 2.75) is 19.3 Å². The molecule has 0 aliphatic heterocycles. The van der Waals surface area contributed by atoms with E-state index >= 15 is 0 Å². The van der Waals surface area contributed by atoms with E-state index in [1.807, 2.05) is 24.3 Å². The second-order valence-electron chi connectivity index (χ2n) is 6.82. The van der Waals surface area contributed by atoms with Gasteiger partial charge in [-0.25, -0.2) is 0 Å². The molecule has 3 aromatic heterocycles. The minimum Gasteiger partial charge on any atom is -0.303 e. The smallest absolute Gasteiger partial charge is 0.303 e. The largest absolute Gasteiger partial charge is 0.435 e. The summed E-state index contributed by atoms with van der Waals surface area (Å²) < 4.78 is 42.6. The first kappa shape index (κ1) is 22.7. The van der Waals surface area contributed by atoms with Crippen molar-refractivity contribution in [1.29, 1.82) is 0 Å². The Labute approximate surface area is 201 Å². The van der Waals surface area contributed by atoms with Crippen molar-refractivity contribution in [3.63, 3.8) is 0 Å². The number of halogens is 5. The highest BCUT2D eigenvalue weighted by molar-refractivity contribution is 9.10. The third-order valence-corrected chi connectivity index (χ3v) is 6.45. The summed E-state index contributed by atoms with van der Waals surface area (Å²) >= 11 is 8.00. The monoisotopic (exact) mass is 587 g/mol. The van der Waals surface area contributed by atoms with Crippen LogP contribution in [-0.4, -0.2) is 25.5 Å². The lowest BCUT2D eigenvalue weighted by Crippen LogP contribution is -2.12. The fourth-order valence-electron chi connectivity index (χ4n) is 2.87. The standard InChI is InChI=1S/C20H14Br2F3N5OS/c21-14-3-1-12(2-4-14)8-30-10-15(22)18(28-30)26-19(31)16-7-13(11-32-16)9-29-6-5-17(27-29)20(23,24)25/h1-7,10-11H,8-9H2,(H,26,28,31). The van der Waals surface area contributed by atoms with Crippen LogP contribution in [0.4, 0.5) is 19.0 Å². The number of nitrogens with one attached hydrogen (secondary N) is 1. The maximum atomic E-state index is 12.7. The van der Waals surface area contributed by atoms with Crippen molar-refractivity contribution < 1.29 is 18.0 Å². The summed E-state index contributed by atoms with van der Waals surface area (Å²) in [5.74, 6) is 0.0243. The van der Waals surface area contributed by atoms with Gasteiger partial charge in [0.1, 0.15) is 0 Å². The van der Waals surface area contributed by atoms with E-state index in [2.05, 4.69) is 47.4 Å². The molecule has 0 atom stereocenters. The lowest BCUT2D eigenvalue weighted by molar-refractivity contribution is -0.141. The third kappa shape index (κ3) is 5.48. The fraction of sp³-hybridized carbons (Fsp3) is 0.150. The van der Waals surface area contributed by atoms with Crippen molar-refractivity contribution >= 4 is 54.9 Å². The second-order valence-corrected chi connectivity index (χ2v) is 9.50.